The van der Waals surface area contributed by atoms with Gasteiger partial charge in [0.25, 0.3) is 0 Å². The summed E-state index contributed by atoms with van der Waals surface area (Å²) in [5.74, 6) is -0.892. The van der Waals surface area contributed by atoms with Gasteiger partial charge in [-0.2, -0.15) is 0 Å². The first-order chi connectivity index (χ1) is 9.51. The van der Waals surface area contributed by atoms with Crippen LogP contribution in [0, 0.1) is 0 Å². The second-order valence-electron chi connectivity index (χ2n) is 4.25. The third-order valence-corrected chi connectivity index (χ3v) is 2.50. The smallest absolute Gasteiger partial charge is 0.306 e. The standard InChI is InChI=1S/C13H24N2O5/c1-4-20-13(18)7-6-12(17)15(2)10-11(16)14-8-5-9-19-3/h4-10H2,1-3H3,(H,14,16). The molecule has 0 aromatic rings. The second kappa shape index (κ2) is 11.2. The van der Waals surface area contributed by atoms with Crippen LogP contribution in [0.15, 0.2) is 0 Å². The molecular formula is C13H24N2O5. The molecule has 0 fully saturated rings. The lowest BCUT2D eigenvalue weighted by atomic mass is 10.3. The van der Waals surface area contributed by atoms with E-state index in [2.05, 4.69) is 5.32 Å². The van der Waals surface area contributed by atoms with Gasteiger partial charge in [0.05, 0.1) is 19.6 Å². The number of carbonyl (C=O) groups excluding carboxylic acids is 3. The molecule has 0 aromatic heterocycles. The molecule has 0 rings (SSSR count). The lowest BCUT2D eigenvalue weighted by molar-refractivity contribution is -0.145. The molecule has 0 aromatic carbocycles. The fourth-order valence-electron chi connectivity index (χ4n) is 1.44. The Morgan fingerprint density at radius 1 is 1.20 bits per heavy atom. The summed E-state index contributed by atoms with van der Waals surface area (Å²) in [4.78, 5) is 35.6. The molecule has 7 nitrogen and oxygen atoms in total. The van der Waals surface area contributed by atoms with E-state index in [-0.39, 0.29) is 31.2 Å². The monoisotopic (exact) mass is 288 g/mol. The van der Waals surface area contributed by atoms with Gasteiger partial charge in [0, 0.05) is 33.7 Å². The van der Waals surface area contributed by atoms with Crippen LogP contribution in [0.25, 0.3) is 0 Å². The Hall–Kier alpha value is -1.63. The summed E-state index contributed by atoms with van der Waals surface area (Å²) in [6.45, 7) is 3.08. The average molecular weight is 288 g/mol. The summed E-state index contributed by atoms with van der Waals surface area (Å²) in [6.07, 6.45) is 0.807. The van der Waals surface area contributed by atoms with Crippen LogP contribution in [0.1, 0.15) is 26.2 Å². The Kier molecular flexibility index (Phi) is 10.3. The fraction of sp³-hybridized carbons (Fsp3) is 0.769. The minimum Gasteiger partial charge on any atom is -0.466 e. The third kappa shape index (κ3) is 9.32. The van der Waals surface area contributed by atoms with Gasteiger partial charge in [0.1, 0.15) is 0 Å². The van der Waals surface area contributed by atoms with Crippen LogP contribution < -0.4 is 5.32 Å². The van der Waals surface area contributed by atoms with Gasteiger partial charge in [-0.3, -0.25) is 14.4 Å². The van der Waals surface area contributed by atoms with Crippen molar-refractivity contribution in [2.45, 2.75) is 26.2 Å². The predicted octanol–water partition coefficient (Wildman–Crippen LogP) is -0.0592. The molecule has 0 bridgehead atoms. The maximum absolute atomic E-state index is 11.7. The number of esters is 1. The Balaban J connectivity index is 3.83. The molecule has 0 atom stereocenters. The molecule has 0 heterocycles. The van der Waals surface area contributed by atoms with Crippen LogP contribution in [-0.4, -0.2) is 63.1 Å². The highest BCUT2D eigenvalue weighted by atomic mass is 16.5. The van der Waals surface area contributed by atoms with Crippen molar-refractivity contribution >= 4 is 17.8 Å². The van der Waals surface area contributed by atoms with Crippen molar-refractivity contribution in [2.75, 3.05) is 40.5 Å². The number of methoxy groups -OCH3 is 1. The molecule has 20 heavy (non-hydrogen) atoms. The number of ether oxygens (including phenoxy) is 2. The zero-order valence-corrected chi connectivity index (χ0v) is 12.4. The topological polar surface area (TPSA) is 84.9 Å². The number of rotatable bonds is 10. The quantitative estimate of drug-likeness (QED) is 0.450. The summed E-state index contributed by atoms with van der Waals surface area (Å²) in [5, 5.41) is 2.68. The van der Waals surface area contributed by atoms with Gasteiger partial charge in [0.15, 0.2) is 0 Å². The molecule has 0 saturated heterocycles. The highest BCUT2D eigenvalue weighted by Gasteiger charge is 2.14. The van der Waals surface area contributed by atoms with E-state index in [1.54, 1.807) is 14.0 Å². The lowest BCUT2D eigenvalue weighted by Gasteiger charge is -2.16. The Morgan fingerprint density at radius 2 is 1.90 bits per heavy atom. The van der Waals surface area contributed by atoms with Gasteiger partial charge in [-0.1, -0.05) is 0 Å². The minimum absolute atomic E-state index is 0.0192. The van der Waals surface area contributed by atoms with Crippen molar-refractivity contribution in [3.63, 3.8) is 0 Å². The SMILES string of the molecule is CCOC(=O)CCC(=O)N(C)CC(=O)NCCCOC. The number of carbonyl (C=O) groups is 3. The third-order valence-electron chi connectivity index (χ3n) is 2.50. The van der Waals surface area contributed by atoms with Crippen LogP contribution >= 0.6 is 0 Å². The molecule has 7 heteroatoms. The number of hydrogen-bond acceptors (Lipinski definition) is 5. The predicted molar refractivity (Wildman–Crippen MR) is 73.0 cm³/mol. The van der Waals surface area contributed by atoms with Crippen molar-refractivity contribution in [1.82, 2.24) is 10.2 Å². The first-order valence-electron chi connectivity index (χ1n) is 6.66. The van der Waals surface area contributed by atoms with E-state index in [4.69, 9.17) is 9.47 Å². The van der Waals surface area contributed by atoms with Gasteiger partial charge >= 0.3 is 5.97 Å². The van der Waals surface area contributed by atoms with Crippen LogP contribution in [0.3, 0.4) is 0 Å². The summed E-state index contributed by atoms with van der Waals surface area (Å²) >= 11 is 0. The van der Waals surface area contributed by atoms with Gasteiger partial charge in [-0.15, -0.1) is 0 Å². The summed E-state index contributed by atoms with van der Waals surface area (Å²) in [7, 11) is 3.13. The van der Waals surface area contributed by atoms with E-state index in [0.717, 1.165) is 6.42 Å². The number of amides is 2. The minimum atomic E-state index is -0.404. The van der Waals surface area contributed by atoms with Crippen LogP contribution in [-0.2, 0) is 23.9 Å². The Bertz CT molecular complexity index is 320. The lowest BCUT2D eigenvalue weighted by Crippen LogP contribution is -2.38. The molecule has 0 unspecified atom stereocenters. The molecule has 0 radical (unpaired) electrons. The number of hydrogen-bond donors (Lipinski definition) is 1. The van der Waals surface area contributed by atoms with Gasteiger partial charge < -0.3 is 19.7 Å². The molecule has 2 amide bonds. The largest absolute Gasteiger partial charge is 0.466 e. The maximum Gasteiger partial charge on any atom is 0.306 e. The van der Waals surface area contributed by atoms with E-state index < -0.39 is 5.97 Å². The number of nitrogens with one attached hydrogen (secondary N) is 1. The van der Waals surface area contributed by atoms with Crippen LogP contribution in [0.4, 0.5) is 0 Å². The maximum atomic E-state index is 11.7. The fourth-order valence-corrected chi connectivity index (χ4v) is 1.44. The number of nitrogens with zero attached hydrogens (tertiary/aromatic N) is 1. The highest BCUT2D eigenvalue weighted by Crippen LogP contribution is 1.98. The number of likely N-dealkylation sites (N-methyl/N-ethyl adjacent to an activating group) is 1. The molecule has 1 N–H and O–H groups in total. The van der Waals surface area contributed by atoms with Crippen LogP contribution in [0.2, 0.25) is 0 Å². The summed E-state index contributed by atoms with van der Waals surface area (Å²) < 4.78 is 9.59. The van der Waals surface area contributed by atoms with Crippen molar-refractivity contribution < 1.29 is 23.9 Å². The molecule has 0 aliphatic rings. The first-order valence-corrected chi connectivity index (χ1v) is 6.66. The van der Waals surface area contributed by atoms with E-state index in [1.807, 2.05) is 0 Å². The average Bonchev–Trinajstić information content (AvgIpc) is 2.41. The van der Waals surface area contributed by atoms with E-state index >= 15 is 0 Å². The Morgan fingerprint density at radius 3 is 2.50 bits per heavy atom. The highest BCUT2D eigenvalue weighted by molar-refractivity contribution is 5.86. The van der Waals surface area contributed by atoms with Gasteiger partial charge in [-0.25, -0.2) is 0 Å². The zero-order valence-electron chi connectivity index (χ0n) is 12.4. The normalized spacial score (nSPS) is 9.95. The second-order valence-corrected chi connectivity index (χ2v) is 4.25. The molecular weight excluding hydrogens is 264 g/mol. The first kappa shape index (κ1) is 18.4. The molecule has 0 saturated carbocycles. The van der Waals surface area contributed by atoms with Crippen molar-refractivity contribution in [1.29, 1.82) is 0 Å². The van der Waals surface area contributed by atoms with Gasteiger partial charge in [-0.05, 0) is 13.3 Å². The van der Waals surface area contributed by atoms with E-state index in [1.165, 1.54) is 11.9 Å². The van der Waals surface area contributed by atoms with Crippen molar-refractivity contribution in [3.05, 3.63) is 0 Å². The van der Waals surface area contributed by atoms with E-state index in [9.17, 15) is 14.4 Å². The zero-order chi connectivity index (χ0) is 15.4. The molecule has 0 aliphatic heterocycles. The van der Waals surface area contributed by atoms with E-state index in [0.29, 0.717) is 19.8 Å². The summed E-state index contributed by atoms with van der Waals surface area (Å²) in [6, 6.07) is 0. The molecule has 0 spiro atoms. The Labute approximate surface area is 119 Å². The van der Waals surface area contributed by atoms with Gasteiger partial charge in [0.2, 0.25) is 11.8 Å². The molecule has 116 valence electrons. The van der Waals surface area contributed by atoms with Crippen LogP contribution in [0.5, 0.6) is 0 Å². The summed E-state index contributed by atoms with van der Waals surface area (Å²) in [5.41, 5.74) is 0. The molecule has 0 aliphatic carbocycles. The van der Waals surface area contributed by atoms with Crippen molar-refractivity contribution in [2.24, 2.45) is 0 Å². The van der Waals surface area contributed by atoms with Crippen molar-refractivity contribution in [3.8, 4) is 0 Å².